The van der Waals surface area contributed by atoms with Gasteiger partial charge in [-0.15, -0.1) is 0 Å². The molecule has 0 spiro atoms. The molecule has 1 aliphatic rings. The largest absolute Gasteiger partial charge is 0.493 e. The lowest BCUT2D eigenvalue weighted by Crippen LogP contribution is -2.28. The lowest BCUT2D eigenvalue weighted by Gasteiger charge is -2.19. The first-order valence-electron chi connectivity index (χ1n) is 12.2. The van der Waals surface area contributed by atoms with Crippen molar-refractivity contribution in [2.24, 2.45) is 0 Å². The van der Waals surface area contributed by atoms with Crippen LogP contribution in [0.4, 0.5) is 21.9 Å². The summed E-state index contributed by atoms with van der Waals surface area (Å²) in [4.78, 5) is 27.7. The number of benzene rings is 2. The fourth-order valence-corrected chi connectivity index (χ4v) is 4.48. The number of anilines is 3. The van der Waals surface area contributed by atoms with Gasteiger partial charge in [0, 0.05) is 30.9 Å². The fraction of sp³-hybridized carbons (Fsp3) is 0.440. The maximum absolute atomic E-state index is 13.1. The second kappa shape index (κ2) is 12.5. The standard InChI is InChI=1S/C25H34N4O7S/c1-5-34-21-11-10-17(14-18(21)24(30)29-12-8-9-13-29)26-25(31)27-19-15-23(36-7-3)20(28-37(4,32)33)16-22(19)35-6-2/h10-11,14-16,28H,5-9,12-13H2,1-4H3,(H2,26,27,31). The number of hydrogen-bond donors (Lipinski definition) is 3. The summed E-state index contributed by atoms with van der Waals surface area (Å²) >= 11 is 0. The van der Waals surface area contributed by atoms with Crippen LogP contribution in [0.3, 0.4) is 0 Å². The summed E-state index contributed by atoms with van der Waals surface area (Å²) in [6.07, 6.45) is 2.95. The van der Waals surface area contributed by atoms with Crippen molar-refractivity contribution in [3.05, 3.63) is 35.9 Å². The molecule has 202 valence electrons. The number of hydrogen-bond acceptors (Lipinski definition) is 7. The molecule has 12 heteroatoms. The number of amides is 3. The molecular weight excluding hydrogens is 500 g/mol. The molecule has 2 aromatic carbocycles. The molecule has 0 aromatic heterocycles. The number of likely N-dealkylation sites (tertiary alicyclic amines) is 1. The first-order chi connectivity index (χ1) is 17.6. The maximum Gasteiger partial charge on any atom is 0.323 e. The zero-order chi connectivity index (χ0) is 27.0. The molecule has 3 rings (SSSR count). The number of urea groups is 1. The average molecular weight is 535 g/mol. The number of sulfonamides is 1. The number of rotatable bonds is 11. The second-order valence-corrected chi connectivity index (χ2v) is 10.1. The molecule has 0 saturated carbocycles. The van der Waals surface area contributed by atoms with E-state index in [1.807, 2.05) is 6.92 Å². The SMILES string of the molecule is CCOc1cc(NS(C)(=O)=O)c(OCC)cc1NC(=O)Nc1ccc(OCC)c(C(=O)N2CCCC2)c1. The smallest absolute Gasteiger partial charge is 0.323 e. The van der Waals surface area contributed by atoms with Gasteiger partial charge in [-0.3, -0.25) is 9.52 Å². The van der Waals surface area contributed by atoms with E-state index in [0.717, 1.165) is 19.1 Å². The topological polar surface area (TPSA) is 135 Å². The van der Waals surface area contributed by atoms with Crippen LogP contribution in [-0.4, -0.2) is 64.4 Å². The highest BCUT2D eigenvalue weighted by Crippen LogP contribution is 2.37. The molecule has 3 N–H and O–H groups in total. The minimum atomic E-state index is -3.58. The Morgan fingerprint density at radius 2 is 1.41 bits per heavy atom. The normalized spacial score (nSPS) is 13.1. The van der Waals surface area contributed by atoms with Crippen molar-refractivity contribution in [1.82, 2.24) is 4.90 Å². The van der Waals surface area contributed by atoms with Gasteiger partial charge in [-0.1, -0.05) is 0 Å². The highest BCUT2D eigenvalue weighted by Gasteiger charge is 2.23. The molecule has 1 fully saturated rings. The average Bonchev–Trinajstić information content (AvgIpc) is 3.37. The van der Waals surface area contributed by atoms with Crippen LogP contribution in [0.1, 0.15) is 44.0 Å². The summed E-state index contributed by atoms with van der Waals surface area (Å²) in [6.45, 7) is 7.70. The Balaban J connectivity index is 1.85. The number of nitrogens with zero attached hydrogens (tertiary/aromatic N) is 1. The third kappa shape index (κ3) is 7.66. The van der Waals surface area contributed by atoms with Gasteiger partial charge in [-0.2, -0.15) is 0 Å². The van der Waals surface area contributed by atoms with Crippen LogP contribution >= 0.6 is 0 Å². The monoisotopic (exact) mass is 534 g/mol. The molecule has 11 nitrogen and oxygen atoms in total. The zero-order valence-electron chi connectivity index (χ0n) is 21.5. The van der Waals surface area contributed by atoms with E-state index < -0.39 is 16.1 Å². The lowest BCUT2D eigenvalue weighted by molar-refractivity contribution is 0.0788. The van der Waals surface area contributed by atoms with Gasteiger partial charge in [0.1, 0.15) is 17.2 Å². The van der Waals surface area contributed by atoms with Crippen molar-refractivity contribution in [2.75, 3.05) is 54.5 Å². The summed E-state index contributed by atoms with van der Waals surface area (Å²) in [7, 11) is -3.58. The van der Waals surface area contributed by atoms with Gasteiger partial charge in [0.2, 0.25) is 10.0 Å². The summed E-state index contributed by atoms with van der Waals surface area (Å²) in [5, 5.41) is 5.45. The van der Waals surface area contributed by atoms with Gasteiger partial charge in [0.15, 0.2) is 0 Å². The van der Waals surface area contributed by atoms with Crippen LogP contribution in [-0.2, 0) is 10.0 Å². The van der Waals surface area contributed by atoms with E-state index >= 15 is 0 Å². The summed E-state index contributed by atoms with van der Waals surface area (Å²) in [5.74, 6) is 0.799. The predicted octanol–water partition coefficient (Wildman–Crippen LogP) is 4.13. The lowest BCUT2D eigenvalue weighted by atomic mass is 10.1. The Morgan fingerprint density at radius 1 is 0.838 bits per heavy atom. The summed E-state index contributed by atoms with van der Waals surface area (Å²) in [5.41, 5.74) is 1.25. The molecule has 1 aliphatic heterocycles. The minimum absolute atomic E-state index is 0.140. The van der Waals surface area contributed by atoms with Crippen LogP contribution in [0, 0.1) is 0 Å². The molecule has 0 aliphatic carbocycles. The highest BCUT2D eigenvalue weighted by molar-refractivity contribution is 7.92. The zero-order valence-corrected chi connectivity index (χ0v) is 22.4. The van der Waals surface area contributed by atoms with Crippen molar-refractivity contribution in [2.45, 2.75) is 33.6 Å². The minimum Gasteiger partial charge on any atom is -0.493 e. The van der Waals surface area contributed by atoms with Crippen LogP contribution in [0.15, 0.2) is 30.3 Å². The highest BCUT2D eigenvalue weighted by atomic mass is 32.2. The Hall–Kier alpha value is -3.67. The van der Waals surface area contributed by atoms with Gasteiger partial charge in [0.25, 0.3) is 5.91 Å². The van der Waals surface area contributed by atoms with Gasteiger partial charge in [-0.05, 0) is 51.8 Å². The van der Waals surface area contributed by atoms with Crippen LogP contribution in [0.2, 0.25) is 0 Å². The van der Waals surface area contributed by atoms with Crippen molar-refractivity contribution in [1.29, 1.82) is 0 Å². The molecule has 1 heterocycles. The molecule has 0 bridgehead atoms. The Bertz CT molecular complexity index is 1230. The van der Waals surface area contributed by atoms with E-state index in [4.69, 9.17) is 14.2 Å². The Kier molecular flexibility index (Phi) is 9.45. The van der Waals surface area contributed by atoms with Crippen molar-refractivity contribution in [3.8, 4) is 17.2 Å². The third-order valence-corrected chi connectivity index (χ3v) is 5.98. The first kappa shape index (κ1) is 27.9. The van der Waals surface area contributed by atoms with Gasteiger partial charge in [-0.25, -0.2) is 13.2 Å². The van der Waals surface area contributed by atoms with E-state index in [0.29, 0.717) is 36.7 Å². The molecule has 0 unspecified atom stereocenters. The maximum atomic E-state index is 13.1. The molecular formula is C25H34N4O7S. The molecule has 0 atom stereocenters. The first-order valence-corrected chi connectivity index (χ1v) is 14.1. The number of ether oxygens (including phenoxy) is 3. The summed E-state index contributed by atoms with van der Waals surface area (Å²) < 4.78 is 42.8. The molecule has 37 heavy (non-hydrogen) atoms. The van der Waals surface area contributed by atoms with E-state index in [1.54, 1.807) is 36.9 Å². The Labute approximate surface area is 217 Å². The van der Waals surface area contributed by atoms with Crippen molar-refractivity contribution in [3.63, 3.8) is 0 Å². The fourth-order valence-electron chi connectivity index (χ4n) is 3.92. The number of nitrogens with one attached hydrogen (secondary N) is 3. The van der Waals surface area contributed by atoms with Crippen LogP contribution in [0.5, 0.6) is 17.2 Å². The number of carbonyl (C=O) groups is 2. The van der Waals surface area contributed by atoms with E-state index in [1.165, 1.54) is 12.1 Å². The third-order valence-electron chi connectivity index (χ3n) is 5.39. The van der Waals surface area contributed by atoms with Crippen molar-refractivity contribution >= 4 is 39.0 Å². The van der Waals surface area contributed by atoms with Gasteiger partial charge < -0.3 is 29.7 Å². The number of carbonyl (C=O) groups excluding carboxylic acids is 2. The molecule has 2 aromatic rings. The predicted molar refractivity (Wildman–Crippen MR) is 143 cm³/mol. The van der Waals surface area contributed by atoms with Gasteiger partial charge >= 0.3 is 6.03 Å². The van der Waals surface area contributed by atoms with E-state index in [9.17, 15) is 18.0 Å². The van der Waals surface area contributed by atoms with Crippen LogP contribution in [0.25, 0.3) is 0 Å². The molecule has 1 saturated heterocycles. The van der Waals surface area contributed by atoms with E-state index in [-0.39, 0.29) is 42.0 Å². The Morgan fingerprint density at radius 3 is 2.00 bits per heavy atom. The summed E-state index contributed by atoms with van der Waals surface area (Å²) in [6, 6.07) is 7.26. The molecule has 3 amide bonds. The molecule has 0 radical (unpaired) electrons. The van der Waals surface area contributed by atoms with Crippen LogP contribution < -0.4 is 29.6 Å². The van der Waals surface area contributed by atoms with Crippen molar-refractivity contribution < 1.29 is 32.2 Å². The quantitative estimate of drug-likeness (QED) is 0.394. The second-order valence-electron chi connectivity index (χ2n) is 8.31. The van der Waals surface area contributed by atoms with Gasteiger partial charge in [0.05, 0.1) is 43.0 Å². The van der Waals surface area contributed by atoms with E-state index in [2.05, 4.69) is 15.4 Å².